The van der Waals surface area contributed by atoms with Crippen molar-refractivity contribution in [2.75, 3.05) is 0 Å². The number of sulfonamides is 1. The molecule has 0 aliphatic carbocycles. The fourth-order valence-electron chi connectivity index (χ4n) is 5.47. The minimum Gasteiger partial charge on any atom is -0.459 e. The Bertz CT molecular complexity index is 1520. The van der Waals surface area contributed by atoms with E-state index in [9.17, 15) is 27.6 Å². The molecule has 2 aromatic carbocycles. The Kier molecular flexibility index (Phi) is 13.3. The number of ether oxygens (including phenoxy) is 5. The lowest BCUT2D eigenvalue weighted by molar-refractivity contribution is -0.195. The van der Waals surface area contributed by atoms with E-state index in [1.807, 2.05) is 19.9 Å². The van der Waals surface area contributed by atoms with Crippen molar-refractivity contribution in [3.63, 3.8) is 0 Å². The van der Waals surface area contributed by atoms with Crippen LogP contribution in [0.3, 0.4) is 0 Å². The van der Waals surface area contributed by atoms with Gasteiger partial charge in [0.1, 0.15) is 17.7 Å². The molecule has 0 unspecified atom stereocenters. The van der Waals surface area contributed by atoms with Crippen LogP contribution in [0.15, 0.2) is 59.5 Å². The Labute approximate surface area is 283 Å². The van der Waals surface area contributed by atoms with Crippen LogP contribution in [0.2, 0.25) is 0 Å². The number of benzene rings is 2. The lowest BCUT2D eigenvalue weighted by atomic mass is 9.93. The second-order valence-corrected chi connectivity index (χ2v) is 15.0. The molecule has 3 rings (SSSR count). The number of esters is 4. The molecule has 2 aromatic rings. The van der Waals surface area contributed by atoms with E-state index in [0.717, 1.165) is 5.56 Å². The molecule has 0 amide bonds. The smallest absolute Gasteiger partial charge is 0.324 e. The second-order valence-electron chi connectivity index (χ2n) is 13.1. The van der Waals surface area contributed by atoms with Gasteiger partial charge in [-0.15, -0.1) is 0 Å². The molecule has 1 aliphatic rings. The molecule has 0 aromatic heterocycles. The molecule has 1 heterocycles. The van der Waals surface area contributed by atoms with Crippen molar-refractivity contribution < 1.29 is 51.3 Å². The van der Waals surface area contributed by atoms with E-state index in [4.69, 9.17) is 23.7 Å². The lowest BCUT2D eigenvalue weighted by Gasteiger charge is -2.33. The summed E-state index contributed by atoms with van der Waals surface area (Å²) in [5.41, 5.74) is 0.680. The highest BCUT2D eigenvalue weighted by Gasteiger charge is 2.51. The molecular formula is C35H47NO11S. The first-order valence-corrected chi connectivity index (χ1v) is 17.3. The average molecular weight is 690 g/mol. The number of rotatable bonds is 14. The number of carbonyl (C=O) groups is 4. The van der Waals surface area contributed by atoms with Gasteiger partial charge in [-0.25, -0.2) is 8.42 Å². The van der Waals surface area contributed by atoms with E-state index in [-0.39, 0.29) is 30.2 Å². The third kappa shape index (κ3) is 11.1. The minimum atomic E-state index is -4.19. The van der Waals surface area contributed by atoms with Crippen molar-refractivity contribution in [1.82, 2.24) is 4.31 Å². The molecule has 264 valence electrons. The highest BCUT2D eigenvalue weighted by atomic mass is 32.2. The molecule has 1 aliphatic heterocycles. The molecule has 0 bridgehead atoms. The standard InChI is InChI=1S/C35H47NO11S/c1-22-14-17-28(18-15-22)48(41,42)36(21-27-12-10-9-11-13-27)29(33(40)47-35(6,7)8)19-16-23(2)20-30-31(43-24(3)37)32(44-25(4)38)34(46-30)45-26(5)39/h9-15,17-18,23,29-32,34H,16,19-21H2,1-8H3/t23-,29-,30+,31+,32+,34+/m0/s1. The van der Waals surface area contributed by atoms with Crippen LogP contribution < -0.4 is 0 Å². The van der Waals surface area contributed by atoms with Gasteiger partial charge in [-0.1, -0.05) is 55.0 Å². The van der Waals surface area contributed by atoms with Crippen molar-refractivity contribution in [3.8, 4) is 0 Å². The Morgan fingerprint density at radius 1 is 0.833 bits per heavy atom. The van der Waals surface area contributed by atoms with Gasteiger partial charge in [-0.2, -0.15) is 4.31 Å². The number of nitrogens with zero attached hydrogens (tertiary/aromatic N) is 1. The largest absolute Gasteiger partial charge is 0.459 e. The van der Waals surface area contributed by atoms with Crippen LogP contribution >= 0.6 is 0 Å². The summed E-state index contributed by atoms with van der Waals surface area (Å²) >= 11 is 0. The Hall–Kier alpha value is -3.81. The Morgan fingerprint density at radius 3 is 1.94 bits per heavy atom. The zero-order valence-electron chi connectivity index (χ0n) is 28.8. The molecule has 0 spiro atoms. The molecular weight excluding hydrogens is 642 g/mol. The van der Waals surface area contributed by atoms with Crippen LogP contribution in [-0.2, 0) is 59.4 Å². The van der Waals surface area contributed by atoms with E-state index >= 15 is 0 Å². The first kappa shape index (κ1) is 38.6. The lowest BCUT2D eigenvalue weighted by Crippen LogP contribution is -2.47. The molecule has 0 saturated carbocycles. The maximum Gasteiger partial charge on any atom is 0.324 e. The monoisotopic (exact) mass is 689 g/mol. The molecule has 1 saturated heterocycles. The SMILES string of the molecule is CC(=O)O[C@@H]1O[C@H](C[C@@H](C)CC[C@@H](C(=O)OC(C)(C)C)N(Cc2ccccc2)S(=O)(=O)c2ccc(C)cc2)[C@@H](OC(C)=O)[C@H]1OC(C)=O. The van der Waals surface area contributed by atoms with Crippen LogP contribution in [-0.4, -0.2) is 72.8 Å². The molecule has 0 radical (unpaired) electrons. The summed E-state index contributed by atoms with van der Waals surface area (Å²) < 4.78 is 57.5. The van der Waals surface area contributed by atoms with Crippen LogP contribution in [0.5, 0.6) is 0 Å². The summed E-state index contributed by atoms with van der Waals surface area (Å²) in [7, 11) is -4.19. The van der Waals surface area contributed by atoms with Crippen molar-refractivity contribution in [1.29, 1.82) is 0 Å². The summed E-state index contributed by atoms with van der Waals surface area (Å²) in [4.78, 5) is 49.5. The normalized spacial score (nSPS) is 20.9. The molecule has 13 heteroatoms. The second kappa shape index (κ2) is 16.5. The first-order chi connectivity index (χ1) is 22.4. The van der Waals surface area contributed by atoms with Crippen molar-refractivity contribution in [3.05, 3.63) is 65.7 Å². The highest BCUT2D eigenvalue weighted by molar-refractivity contribution is 7.89. The Balaban J connectivity index is 1.94. The summed E-state index contributed by atoms with van der Waals surface area (Å²) in [5, 5.41) is 0. The van der Waals surface area contributed by atoms with Gasteiger partial charge in [0.2, 0.25) is 22.4 Å². The molecule has 48 heavy (non-hydrogen) atoms. The number of hydrogen-bond acceptors (Lipinski definition) is 11. The predicted molar refractivity (Wildman–Crippen MR) is 175 cm³/mol. The summed E-state index contributed by atoms with van der Waals surface area (Å²) in [6, 6.07) is 14.2. The highest BCUT2D eigenvalue weighted by Crippen LogP contribution is 2.34. The van der Waals surface area contributed by atoms with E-state index in [2.05, 4.69) is 0 Å². The van der Waals surface area contributed by atoms with Gasteiger partial charge in [0.25, 0.3) is 0 Å². The summed E-state index contributed by atoms with van der Waals surface area (Å²) in [6.07, 6.45) is -3.77. The summed E-state index contributed by atoms with van der Waals surface area (Å²) in [6.45, 7) is 12.3. The van der Waals surface area contributed by atoms with Gasteiger partial charge in [-0.3, -0.25) is 19.2 Å². The molecule has 6 atom stereocenters. The topological polar surface area (TPSA) is 152 Å². The van der Waals surface area contributed by atoms with Crippen LogP contribution in [0.25, 0.3) is 0 Å². The fraction of sp³-hybridized carbons (Fsp3) is 0.543. The zero-order valence-corrected chi connectivity index (χ0v) is 29.7. The fourth-order valence-corrected chi connectivity index (χ4v) is 7.06. The van der Waals surface area contributed by atoms with Crippen LogP contribution in [0.4, 0.5) is 0 Å². The van der Waals surface area contributed by atoms with E-state index in [0.29, 0.717) is 12.0 Å². The van der Waals surface area contributed by atoms with E-state index < -0.39 is 70.1 Å². The van der Waals surface area contributed by atoms with Gasteiger partial charge in [0, 0.05) is 27.3 Å². The Morgan fingerprint density at radius 2 is 1.40 bits per heavy atom. The third-order valence-corrected chi connectivity index (χ3v) is 9.43. The van der Waals surface area contributed by atoms with Gasteiger partial charge in [0.15, 0.2) is 6.10 Å². The average Bonchev–Trinajstić information content (AvgIpc) is 3.25. The first-order valence-electron chi connectivity index (χ1n) is 15.9. The zero-order chi connectivity index (χ0) is 35.8. The maximum absolute atomic E-state index is 14.2. The van der Waals surface area contributed by atoms with Crippen molar-refractivity contribution >= 4 is 33.9 Å². The van der Waals surface area contributed by atoms with E-state index in [1.165, 1.54) is 37.2 Å². The minimum absolute atomic E-state index is 0.0437. The number of carbonyl (C=O) groups excluding carboxylic acids is 4. The molecule has 1 fully saturated rings. The quantitative estimate of drug-likeness (QED) is 0.198. The van der Waals surface area contributed by atoms with E-state index in [1.54, 1.807) is 57.2 Å². The summed E-state index contributed by atoms with van der Waals surface area (Å²) in [5.74, 6) is -2.94. The van der Waals surface area contributed by atoms with Crippen molar-refractivity contribution in [2.45, 2.75) is 122 Å². The molecule has 0 N–H and O–H groups in total. The van der Waals surface area contributed by atoms with Gasteiger partial charge >= 0.3 is 23.9 Å². The predicted octanol–water partition coefficient (Wildman–Crippen LogP) is 4.85. The van der Waals surface area contributed by atoms with Crippen molar-refractivity contribution in [2.24, 2.45) is 5.92 Å². The number of hydrogen-bond donors (Lipinski definition) is 0. The number of aryl methyl sites for hydroxylation is 1. The third-order valence-electron chi connectivity index (χ3n) is 7.56. The van der Waals surface area contributed by atoms with Gasteiger partial charge in [-0.05, 0) is 70.6 Å². The van der Waals surface area contributed by atoms with Crippen LogP contribution in [0, 0.1) is 12.8 Å². The van der Waals surface area contributed by atoms with Gasteiger partial charge in [0.05, 0.1) is 4.90 Å². The van der Waals surface area contributed by atoms with Crippen LogP contribution in [0.1, 0.15) is 78.9 Å². The van der Waals surface area contributed by atoms with Gasteiger partial charge < -0.3 is 23.7 Å². The maximum atomic E-state index is 14.2. The molecule has 12 nitrogen and oxygen atoms in total.